The second-order valence-electron chi connectivity index (χ2n) is 7.47. The van der Waals surface area contributed by atoms with Crippen molar-refractivity contribution in [3.8, 4) is 0 Å². The van der Waals surface area contributed by atoms with Crippen LogP contribution in [0.1, 0.15) is 26.6 Å². The molecule has 0 saturated carbocycles. The average molecular weight is 478 g/mol. The SMILES string of the molecule is Cc1nc(CSc2ccccc2C(=O)N2CCN(c3cccc(C(F)(F)F)c3)CC2)cs1. The number of carbonyl (C=O) groups excluding carboxylic acids is 1. The van der Waals surface area contributed by atoms with Gasteiger partial charge in [-0.25, -0.2) is 4.98 Å². The van der Waals surface area contributed by atoms with Crippen molar-refractivity contribution in [1.82, 2.24) is 9.88 Å². The third-order valence-corrected chi connectivity index (χ3v) is 7.19. The van der Waals surface area contributed by atoms with Crippen LogP contribution in [0.3, 0.4) is 0 Å². The molecule has 0 spiro atoms. The minimum Gasteiger partial charge on any atom is -0.368 e. The molecular formula is C23H22F3N3OS2. The maximum Gasteiger partial charge on any atom is 0.416 e. The first-order valence-corrected chi connectivity index (χ1v) is 12.0. The lowest BCUT2D eigenvalue weighted by Crippen LogP contribution is -2.49. The Morgan fingerprint density at radius 1 is 1.09 bits per heavy atom. The Kier molecular flexibility index (Phi) is 6.76. The van der Waals surface area contributed by atoms with Gasteiger partial charge in [-0.1, -0.05) is 18.2 Å². The molecule has 1 amide bonds. The van der Waals surface area contributed by atoms with Gasteiger partial charge in [0.1, 0.15) is 0 Å². The summed E-state index contributed by atoms with van der Waals surface area (Å²) >= 11 is 3.19. The highest BCUT2D eigenvalue weighted by atomic mass is 32.2. The van der Waals surface area contributed by atoms with Crippen LogP contribution in [0.15, 0.2) is 58.8 Å². The Balaban J connectivity index is 1.41. The monoisotopic (exact) mass is 477 g/mol. The van der Waals surface area contributed by atoms with Crippen LogP contribution >= 0.6 is 23.1 Å². The predicted octanol–water partition coefficient (Wildman–Crippen LogP) is 5.73. The number of hydrogen-bond acceptors (Lipinski definition) is 5. The van der Waals surface area contributed by atoms with Crippen molar-refractivity contribution in [2.24, 2.45) is 0 Å². The third kappa shape index (κ3) is 5.27. The van der Waals surface area contributed by atoms with E-state index in [4.69, 9.17) is 0 Å². The Morgan fingerprint density at radius 2 is 1.84 bits per heavy atom. The molecule has 3 aromatic rings. The maximum atomic E-state index is 13.2. The van der Waals surface area contributed by atoms with Crippen molar-refractivity contribution in [2.75, 3.05) is 31.1 Å². The summed E-state index contributed by atoms with van der Waals surface area (Å²) in [6, 6.07) is 12.9. The molecule has 1 saturated heterocycles. The lowest BCUT2D eigenvalue weighted by molar-refractivity contribution is -0.137. The molecule has 32 heavy (non-hydrogen) atoms. The fraction of sp³-hybridized carbons (Fsp3) is 0.304. The number of anilines is 1. The molecule has 168 valence electrons. The van der Waals surface area contributed by atoms with Crippen LogP contribution in [-0.2, 0) is 11.9 Å². The lowest BCUT2D eigenvalue weighted by atomic mass is 10.1. The van der Waals surface area contributed by atoms with Crippen LogP contribution in [0.4, 0.5) is 18.9 Å². The molecular weight excluding hydrogens is 455 g/mol. The third-order valence-electron chi connectivity index (χ3n) is 5.27. The molecule has 1 fully saturated rings. The van der Waals surface area contributed by atoms with Gasteiger partial charge in [-0.15, -0.1) is 23.1 Å². The normalized spacial score (nSPS) is 14.6. The van der Waals surface area contributed by atoms with Crippen molar-refractivity contribution < 1.29 is 18.0 Å². The van der Waals surface area contributed by atoms with E-state index in [2.05, 4.69) is 4.98 Å². The number of halogens is 3. The van der Waals surface area contributed by atoms with Crippen molar-refractivity contribution in [2.45, 2.75) is 23.7 Å². The smallest absolute Gasteiger partial charge is 0.368 e. The van der Waals surface area contributed by atoms with E-state index in [-0.39, 0.29) is 5.91 Å². The van der Waals surface area contributed by atoms with E-state index in [1.165, 1.54) is 12.1 Å². The van der Waals surface area contributed by atoms with Gasteiger partial charge in [-0.3, -0.25) is 4.79 Å². The summed E-state index contributed by atoms with van der Waals surface area (Å²) in [5.74, 6) is 0.643. The molecule has 9 heteroatoms. The summed E-state index contributed by atoms with van der Waals surface area (Å²) in [5.41, 5.74) is 1.52. The van der Waals surface area contributed by atoms with Gasteiger partial charge in [-0.05, 0) is 37.3 Å². The van der Waals surface area contributed by atoms with E-state index < -0.39 is 11.7 Å². The zero-order valence-electron chi connectivity index (χ0n) is 17.4. The Morgan fingerprint density at radius 3 is 2.53 bits per heavy atom. The maximum absolute atomic E-state index is 13.2. The molecule has 0 atom stereocenters. The zero-order chi connectivity index (χ0) is 22.7. The van der Waals surface area contributed by atoms with Crippen molar-refractivity contribution >= 4 is 34.7 Å². The van der Waals surface area contributed by atoms with Crippen molar-refractivity contribution in [1.29, 1.82) is 0 Å². The van der Waals surface area contributed by atoms with Crippen molar-refractivity contribution in [3.05, 3.63) is 75.7 Å². The van der Waals surface area contributed by atoms with E-state index in [1.807, 2.05) is 41.5 Å². The highest BCUT2D eigenvalue weighted by Crippen LogP contribution is 2.32. The number of thiazole rings is 1. The highest BCUT2D eigenvalue weighted by Gasteiger charge is 2.31. The van der Waals surface area contributed by atoms with E-state index in [1.54, 1.807) is 34.1 Å². The molecule has 4 rings (SSSR count). The first kappa shape index (κ1) is 22.7. The predicted molar refractivity (Wildman–Crippen MR) is 122 cm³/mol. The number of alkyl halides is 3. The molecule has 1 aliphatic heterocycles. The number of piperazine rings is 1. The number of hydrogen-bond donors (Lipinski definition) is 0. The number of aromatic nitrogens is 1. The number of aryl methyl sites for hydroxylation is 1. The standard InChI is InChI=1S/C23H22F3N3OS2/c1-16-27-18(14-31-16)15-32-21-8-3-2-7-20(21)22(30)29-11-9-28(10-12-29)19-6-4-5-17(13-19)23(24,25)26/h2-8,13-14H,9-12,15H2,1H3. The van der Waals surface area contributed by atoms with E-state index >= 15 is 0 Å². The number of carbonyl (C=O) groups is 1. The minimum absolute atomic E-state index is 0.0498. The molecule has 0 radical (unpaired) electrons. The number of rotatable bonds is 5. The summed E-state index contributed by atoms with van der Waals surface area (Å²) in [5, 5.41) is 3.04. The van der Waals surface area contributed by atoms with Crippen molar-refractivity contribution in [3.63, 3.8) is 0 Å². The first-order valence-electron chi connectivity index (χ1n) is 10.2. The molecule has 2 heterocycles. The van der Waals surface area contributed by atoms with Gasteiger partial charge in [0, 0.05) is 47.9 Å². The van der Waals surface area contributed by atoms with Gasteiger partial charge in [0.2, 0.25) is 0 Å². The highest BCUT2D eigenvalue weighted by molar-refractivity contribution is 7.98. The summed E-state index contributed by atoms with van der Waals surface area (Å²) in [4.78, 5) is 22.2. The van der Waals surface area contributed by atoms with Crippen LogP contribution in [0.25, 0.3) is 0 Å². The molecule has 4 nitrogen and oxygen atoms in total. The largest absolute Gasteiger partial charge is 0.416 e. The fourth-order valence-corrected chi connectivity index (χ4v) is 5.27. The van der Waals surface area contributed by atoms with Crippen LogP contribution in [0.2, 0.25) is 0 Å². The van der Waals surface area contributed by atoms with Crippen LogP contribution < -0.4 is 4.90 Å². The number of nitrogens with zero attached hydrogens (tertiary/aromatic N) is 3. The summed E-state index contributed by atoms with van der Waals surface area (Å²) in [6.45, 7) is 3.86. The summed E-state index contributed by atoms with van der Waals surface area (Å²) in [6.07, 6.45) is -4.37. The number of benzene rings is 2. The van der Waals surface area contributed by atoms with E-state index in [0.29, 0.717) is 43.2 Å². The van der Waals surface area contributed by atoms with Gasteiger partial charge < -0.3 is 9.80 Å². The Hall–Kier alpha value is -2.52. The van der Waals surface area contributed by atoms with Gasteiger partial charge in [0.05, 0.1) is 21.8 Å². The van der Waals surface area contributed by atoms with Gasteiger partial charge in [0.25, 0.3) is 5.91 Å². The fourth-order valence-electron chi connectivity index (χ4n) is 3.61. The minimum atomic E-state index is -4.37. The molecule has 1 aliphatic rings. The molecule has 0 N–H and O–H groups in total. The van der Waals surface area contributed by atoms with Crippen LogP contribution in [-0.4, -0.2) is 42.0 Å². The molecule has 2 aromatic carbocycles. The van der Waals surface area contributed by atoms with Gasteiger partial charge in [-0.2, -0.15) is 13.2 Å². The number of thioether (sulfide) groups is 1. The van der Waals surface area contributed by atoms with Gasteiger partial charge in [0.15, 0.2) is 0 Å². The molecule has 0 bridgehead atoms. The second kappa shape index (κ2) is 9.54. The Bertz CT molecular complexity index is 1090. The molecule has 1 aromatic heterocycles. The molecule has 0 unspecified atom stereocenters. The Labute approximate surface area is 193 Å². The second-order valence-corrected chi connectivity index (χ2v) is 9.55. The summed E-state index contributed by atoms with van der Waals surface area (Å²) in [7, 11) is 0. The molecule has 0 aliphatic carbocycles. The summed E-state index contributed by atoms with van der Waals surface area (Å²) < 4.78 is 39.1. The first-order chi connectivity index (χ1) is 15.3. The van der Waals surface area contributed by atoms with Crippen LogP contribution in [0, 0.1) is 6.92 Å². The van der Waals surface area contributed by atoms with E-state index in [9.17, 15) is 18.0 Å². The van der Waals surface area contributed by atoms with Gasteiger partial charge >= 0.3 is 6.18 Å². The topological polar surface area (TPSA) is 36.4 Å². The zero-order valence-corrected chi connectivity index (χ0v) is 19.1. The average Bonchev–Trinajstić information content (AvgIpc) is 3.22. The quantitative estimate of drug-likeness (QED) is 0.440. The lowest BCUT2D eigenvalue weighted by Gasteiger charge is -2.36. The van der Waals surface area contributed by atoms with E-state index in [0.717, 1.165) is 21.7 Å². The van der Waals surface area contributed by atoms with Crippen LogP contribution in [0.5, 0.6) is 0 Å². The number of amides is 1.